The summed E-state index contributed by atoms with van der Waals surface area (Å²) in [5.74, 6) is -3.44. The number of benzene rings is 1. The Labute approximate surface area is 199 Å². The SMILES string of the molecule is CC(C)[C@H](NC(=O)N(CC(=O)OC(C)(C)C)N1C(=O)c2ccccc2C1=O)C(=O)OC(C)(C)C. The molecule has 10 nitrogen and oxygen atoms in total. The molecule has 1 aromatic carbocycles. The van der Waals surface area contributed by atoms with Crippen LogP contribution in [0.5, 0.6) is 0 Å². The molecule has 0 radical (unpaired) electrons. The second-order valence-corrected chi connectivity index (χ2v) is 10.3. The number of nitrogens with zero attached hydrogens (tertiary/aromatic N) is 2. The highest BCUT2D eigenvalue weighted by Gasteiger charge is 2.43. The van der Waals surface area contributed by atoms with Crippen molar-refractivity contribution >= 4 is 29.8 Å². The smallest absolute Gasteiger partial charge is 0.338 e. The molecule has 1 atom stereocenters. The first-order chi connectivity index (χ1) is 15.5. The number of hydrogen-bond acceptors (Lipinski definition) is 7. The zero-order valence-electron chi connectivity index (χ0n) is 20.9. The molecule has 0 fully saturated rings. The predicted molar refractivity (Wildman–Crippen MR) is 122 cm³/mol. The molecule has 1 N–H and O–H groups in total. The molecule has 1 aromatic rings. The standard InChI is InChI=1S/C24H33N3O7/c1-14(2)18(21(31)34-24(6,7)8)25-22(32)26(13-17(28)33-23(3,4)5)27-19(29)15-11-9-10-12-16(15)20(27)30/h9-12,14,18H,13H2,1-8H3,(H,25,32)/t18-/m0/s1. The number of hydrogen-bond donors (Lipinski definition) is 1. The van der Waals surface area contributed by atoms with Gasteiger partial charge in [-0.1, -0.05) is 26.0 Å². The molecule has 0 unspecified atom stereocenters. The monoisotopic (exact) mass is 475 g/mol. The maximum Gasteiger partial charge on any atom is 0.338 e. The van der Waals surface area contributed by atoms with E-state index in [2.05, 4.69) is 5.32 Å². The van der Waals surface area contributed by atoms with E-state index in [1.807, 2.05) is 0 Å². The molecular weight excluding hydrogens is 442 g/mol. The van der Waals surface area contributed by atoms with Crippen LogP contribution in [0.2, 0.25) is 0 Å². The van der Waals surface area contributed by atoms with E-state index in [4.69, 9.17) is 9.47 Å². The number of imide groups is 1. The molecule has 1 aliphatic heterocycles. The maximum atomic E-state index is 13.3. The number of amides is 4. The van der Waals surface area contributed by atoms with Gasteiger partial charge in [0.15, 0.2) is 0 Å². The van der Waals surface area contributed by atoms with Gasteiger partial charge in [-0.2, -0.15) is 5.01 Å². The van der Waals surface area contributed by atoms with Gasteiger partial charge >= 0.3 is 18.0 Å². The zero-order valence-corrected chi connectivity index (χ0v) is 20.9. The van der Waals surface area contributed by atoms with Crippen molar-refractivity contribution < 1.29 is 33.4 Å². The average Bonchev–Trinajstić information content (AvgIpc) is 2.92. The first-order valence-corrected chi connectivity index (χ1v) is 11.0. The summed E-state index contributed by atoms with van der Waals surface area (Å²) >= 11 is 0. The van der Waals surface area contributed by atoms with Crippen molar-refractivity contribution in [2.24, 2.45) is 5.92 Å². The normalized spacial score (nSPS) is 14.6. The van der Waals surface area contributed by atoms with E-state index < -0.39 is 53.6 Å². The van der Waals surface area contributed by atoms with E-state index in [0.717, 1.165) is 0 Å². The summed E-state index contributed by atoms with van der Waals surface area (Å²) in [6.45, 7) is 12.7. The van der Waals surface area contributed by atoms with Crippen molar-refractivity contribution in [1.82, 2.24) is 15.3 Å². The molecular formula is C24H33N3O7. The van der Waals surface area contributed by atoms with E-state index in [1.165, 1.54) is 12.1 Å². The number of nitrogens with one attached hydrogen (secondary N) is 1. The number of carbonyl (C=O) groups is 5. The van der Waals surface area contributed by atoms with E-state index in [0.29, 0.717) is 10.0 Å². The van der Waals surface area contributed by atoms with Gasteiger partial charge in [0.05, 0.1) is 11.1 Å². The Balaban J connectivity index is 2.38. The molecule has 1 aliphatic rings. The Kier molecular flexibility index (Phi) is 7.75. The number of rotatable bonds is 6. The lowest BCUT2D eigenvalue weighted by atomic mass is 10.0. The fourth-order valence-electron chi connectivity index (χ4n) is 3.20. The van der Waals surface area contributed by atoms with Crippen LogP contribution in [0, 0.1) is 5.92 Å². The molecule has 0 saturated carbocycles. The van der Waals surface area contributed by atoms with Crippen LogP contribution < -0.4 is 5.32 Å². The Bertz CT molecular complexity index is 954. The van der Waals surface area contributed by atoms with E-state index in [1.54, 1.807) is 67.5 Å². The van der Waals surface area contributed by atoms with Crippen LogP contribution >= 0.6 is 0 Å². The van der Waals surface area contributed by atoms with Gasteiger partial charge in [-0.15, -0.1) is 0 Å². The zero-order chi connectivity index (χ0) is 26.0. The minimum atomic E-state index is -1.09. The summed E-state index contributed by atoms with van der Waals surface area (Å²) in [6.07, 6.45) is 0. The van der Waals surface area contributed by atoms with Crippen molar-refractivity contribution in [3.8, 4) is 0 Å². The minimum Gasteiger partial charge on any atom is -0.459 e. The van der Waals surface area contributed by atoms with Crippen molar-refractivity contribution in [2.75, 3.05) is 6.54 Å². The summed E-state index contributed by atoms with van der Waals surface area (Å²) in [6, 6.07) is 3.99. The van der Waals surface area contributed by atoms with E-state index in [-0.39, 0.29) is 17.0 Å². The first-order valence-electron chi connectivity index (χ1n) is 11.0. The Morgan fingerprint density at radius 3 is 1.79 bits per heavy atom. The highest BCUT2D eigenvalue weighted by atomic mass is 16.6. The second kappa shape index (κ2) is 9.82. The van der Waals surface area contributed by atoms with Gasteiger partial charge in [-0.3, -0.25) is 14.4 Å². The number of fused-ring (bicyclic) bond motifs is 1. The number of ether oxygens (including phenoxy) is 2. The lowest BCUT2D eigenvalue weighted by Gasteiger charge is -2.33. The highest BCUT2D eigenvalue weighted by molar-refractivity contribution is 6.21. The highest BCUT2D eigenvalue weighted by Crippen LogP contribution is 2.25. The molecule has 0 bridgehead atoms. The molecule has 0 spiro atoms. The fraction of sp³-hybridized carbons (Fsp3) is 0.542. The van der Waals surface area contributed by atoms with Gasteiger partial charge in [0.1, 0.15) is 23.8 Å². The van der Waals surface area contributed by atoms with Crippen molar-refractivity contribution in [1.29, 1.82) is 0 Å². The van der Waals surface area contributed by atoms with E-state index >= 15 is 0 Å². The number of urea groups is 1. The van der Waals surface area contributed by atoms with Crippen LogP contribution in [0.1, 0.15) is 76.1 Å². The third kappa shape index (κ3) is 6.55. The Morgan fingerprint density at radius 2 is 1.38 bits per heavy atom. The lowest BCUT2D eigenvalue weighted by molar-refractivity contribution is -0.158. The van der Waals surface area contributed by atoms with Crippen molar-refractivity contribution in [3.05, 3.63) is 35.4 Å². The molecule has 0 saturated heterocycles. The number of hydrazine groups is 1. The number of carbonyl (C=O) groups excluding carboxylic acids is 5. The Morgan fingerprint density at radius 1 is 0.912 bits per heavy atom. The van der Waals surface area contributed by atoms with Crippen LogP contribution in [0.4, 0.5) is 4.79 Å². The first kappa shape index (κ1) is 26.8. The quantitative estimate of drug-likeness (QED) is 0.496. The molecule has 4 amide bonds. The van der Waals surface area contributed by atoms with Crippen LogP contribution in [-0.2, 0) is 19.1 Å². The Hall–Kier alpha value is -3.43. The van der Waals surface area contributed by atoms with Crippen molar-refractivity contribution in [3.63, 3.8) is 0 Å². The van der Waals surface area contributed by atoms with Crippen molar-refractivity contribution in [2.45, 2.75) is 72.6 Å². The second-order valence-electron chi connectivity index (χ2n) is 10.3. The van der Waals surface area contributed by atoms with Gasteiger partial charge in [0.2, 0.25) is 0 Å². The molecule has 34 heavy (non-hydrogen) atoms. The molecule has 0 aromatic heterocycles. The summed E-state index contributed by atoms with van der Waals surface area (Å²) < 4.78 is 10.7. The van der Waals surface area contributed by atoms with Crippen LogP contribution in [0.25, 0.3) is 0 Å². The minimum absolute atomic E-state index is 0.0991. The van der Waals surface area contributed by atoms with Gasteiger partial charge < -0.3 is 14.8 Å². The summed E-state index contributed by atoms with van der Waals surface area (Å²) in [4.78, 5) is 64.6. The summed E-state index contributed by atoms with van der Waals surface area (Å²) in [7, 11) is 0. The molecule has 1 heterocycles. The fourth-order valence-corrected chi connectivity index (χ4v) is 3.20. The average molecular weight is 476 g/mol. The van der Waals surface area contributed by atoms with Crippen LogP contribution in [-0.4, -0.2) is 63.6 Å². The maximum absolute atomic E-state index is 13.3. The largest absolute Gasteiger partial charge is 0.459 e. The number of esters is 2. The molecule has 186 valence electrons. The lowest BCUT2D eigenvalue weighted by Crippen LogP contribution is -2.59. The predicted octanol–water partition coefficient (Wildman–Crippen LogP) is 2.92. The van der Waals surface area contributed by atoms with Gasteiger partial charge in [0, 0.05) is 0 Å². The van der Waals surface area contributed by atoms with Crippen LogP contribution in [0.15, 0.2) is 24.3 Å². The van der Waals surface area contributed by atoms with E-state index in [9.17, 15) is 24.0 Å². The van der Waals surface area contributed by atoms with Gasteiger partial charge in [-0.05, 0) is 59.6 Å². The van der Waals surface area contributed by atoms with Gasteiger partial charge in [-0.25, -0.2) is 14.6 Å². The topological polar surface area (TPSA) is 122 Å². The summed E-state index contributed by atoms with van der Waals surface area (Å²) in [5.41, 5.74) is -1.46. The van der Waals surface area contributed by atoms with Gasteiger partial charge in [0.25, 0.3) is 11.8 Å². The third-order valence-corrected chi connectivity index (χ3v) is 4.55. The molecule has 10 heteroatoms. The third-order valence-electron chi connectivity index (χ3n) is 4.55. The summed E-state index contributed by atoms with van der Waals surface area (Å²) in [5, 5.41) is 3.77. The molecule has 0 aliphatic carbocycles. The molecule has 2 rings (SSSR count). The van der Waals surface area contributed by atoms with Crippen LogP contribution in [0.3, 0.4) is 0 Å².